The molecule has 1 aliphatic heterocycles. The van der Waals surface area contributed by atoms with Gasteiger partial charge in [-0.15, -0.1) is 0 Å². The zero-order valence-corrected chi connectivity index (χ0v) is 11.8. The van der Waals surface area contributed by atoms with E-state index in [4.69, 9.17) is 9.52 Å². The summed E-state index contributed by atoms with van der Waals surface area (Å²) in [5, 5.41) is 8.73. The minimum Gasteiger partial charge on any atom is -0.481 e. The number of furan rings is 1. The lowest BCUT2D eigenvalue weighted by Crippen LogP contribution is -2.40. The van der Waals surface area contributed by atoms with Gasteiger partial charge in [0.1, 0.15) is 0 Å². The lowest BCUT2D eigenvalue weighted by molar-refractivity contribution is -0.142. The summed E-state index contributed by atoms with van der Waals surface area (Å²) in [7, 11) is -3.65. The first-order chi connectivity index (χ1) is 8.41. The van der Waals surface area contributed by atoms with Gasteiger partial charge < -0.3 is 9.52 Å². The van der Waals surface area contributed by atoms with E-state index in [0.29, 0.717) is 17.5 Å². The number of halogens is 1. The highest BCUT2D eigenvalue weighted by atomic mass is 79.9. The maximum Gasteiger partial charge on any atom is 0.306 e. The molecule has 0 aliphatic carbocycles. The Hall–Kier alpha value is -0.860. The summed E-state index contributed by atoms with van der Waals surface area (Å²) in [5.41, 5.74) is 0. The second kappa shape index (κ2) is 5.02. The Labute approximate surface area is 113 Å². The normalized spacial score (nSPS) is 18.9. The van der Waals surface area contributed by atoms with E-state index < -0.39 is 21.9 Å². The summed E-state index contributed by atoms with van der Waals surface area (Å²) in [4.78, 5) is 10.8. The van der Waals surface area contributed by atoms with E-state index in [2.05, 4.69) is 15.9 Å². The molecule has 18 heavy (non-hydrogen) atoms. The molecule has 0 amide bonds. The highest BCUT2D eigenvalue weighted by molar-refractivity contribution is 9.10. The van der Waals surface area contributed by atoms with Crippen molar-refractivity contribution in [1.82, 2.24) is 4.31 Å². The van der Waals surface area contributed by atoms with Crippen LogP contribution in [0.15, 0.2) is 26.3 Å². The predicted molar refractivity (Wildman–Crippen MR) is 65.5 cm³/mol. The topological polar surface area (TPSA) is 87.8 Å². The summed E-state index contributed by atoms with van der Waals surface area (Å²) >= 11 is 3.05. The van der Waals surface area contributed by atoms with Crippen molar-refractivity contribution in [3.05, 3.63) is 16.8 Å². The molecule has 0 aromatic carbocycles. The average molecular weight is 338 g/mol. The van der Waals surface area contributed by atoms with E-state index >= 15 is 0 Å². The Morgan fingerprint density at radius 3 is 2.44 bits per heavy atom. The lowest BCUT2D eigenvalue weighted by atomic mass is 9.99. The van der Waals surface area contributed by atoms with Crippen LogP contribution in [-0.4, -0.2) is 36.9 Å². The Bertz CT molecular complexity index is 544. The van der Waals surface area contributed by atoms with Gasteiger partial charge in [-0.1, -0.05) is 0 Å². The van der Waals surface area contributed by atoms with Crippen LogP contribution in [0.5, 0.6) is 0 Å². The van der Waals surface area contributed by atoms with Crippen LogP contribution in [0.1, 0.15) is 12.8 Å². The predicted octanol–water partition coefficient (Wildman–Crippen LogP) is 1.53. The number of carbonyl (C=O) groups is 1. The molecule has 0 spiro atoms. The number of nitrogens with zero attached hydrogens (tertiary/aromatic N) is 1. The van der Waals surface area contributed by atoms with Crippen molar-refractivity contribution in [1.29, 1.82) is 0 Å². The first kappa shape index (κ1) is 13.6. The molecule has 0 atom stereocenters. The van der Waals surface area contributed by atoms with Crippen LogP contribution in [0.4, 0.5) is 0 Å². The molecule has 1 aromatic rings. The second-order valence-electron chi connectivity index (χ2n) is 4.08. The largest absolute Gasteiger partial charge is 0.481 e. The number of sulfonamides is 1. The average Bonchev–Trinajstić information content (AvgIpc) is 2.76. The molecule has 6 nitrogen and oxygen atoms in total. The fourth-order valence-electron chi connectivity index (χ4n) is 1.91. The monoisotopic (exact) mass is 337 g/mol. The molecule has 1 aromatic heterocycles. The van der Waals surface area contributed by atoms with Crippen LogP contribution in [0, 0.1) is 5.92 Å². The molecule has 1 fully saturated rings. The van der Waals surface area contributed by atoms with Crippen molar-refractivity contribution in [3.8, 4) is 0 Å². The molecule has 1 N–H and O–H groups in total. The number of rotatable bonds is 3. The molecule has 1 saturated heterocycles. The van der Waals surface area contributed by atoms with Crippen molar-refractivity contribution in [2.24, 2.45) is 5.92 Å². The van der Waals surface area contributed by atoms with Gasteiger partial charge in [0, 0.05) is 13.1 Å². The molecular weight excluding hydrogens is 326 g/mol. The number of aliphatic carboxylic acids is 1. The zero-order chi connectivity index (χ0) is 13.3. The van der Waals surface area contributed by atoms with Crippen LogP contribution in [0.25, 0.3) is 0 Å². The smallest absolute Gasteiger partial charge is 0.306 e. The van der Waals surface area contributed by atoms with Crippen LogP contribution in [0.3, 0.4) is 0 Å². The van der Waals surface area contributed by atoms with Gasteiger partial charge >= 0.3 is 5.97 Å². The number of hydrogen-bond donors (Lipinski definition) is 1. The van der Waals surface area contributed by atoms with Crippen molar-refractivity contribution in [2.45, 2.75) is 17.9 Å². The first-order valence-corrected chi connectivity index (χ1v) is 7.63. The van der Waals surface area contributed by atoms with E-state index in [1.54, 1.807) is 0 Å². The quantitative estimate of drug-likeness (QED) is 0.903. The molecule has 2 heterocycles. The van der Waals surface area contributed by atoms with Crippen molar-refractivity contribution in [2.75, 3.05) is 13.1 Å². The fraction of sp³-hybridized carbons (Fsp3) is 0.500. The highest BCUT2D eigenvalue weighted by Gasteiger charge is 2.33. The molecule has 100 valence electrons. The third-order valence-corrected chi connectivity index (χ3v) is 5.14. The summed E-state index contributed by atoms with van der Waals surface area (Å²) in [6.45, 7) is 0.412. The molecule has 8 heteroatoms. The van der Waals surface area contributed by atoms with Gasteiger partial charge in [0.25, 0.3) is 10.0 Å². The van der Waals surface area contributed by atoms with Gasteiger partial charge in [-0.2, -0.15) is 4.31 Å². The maximum absolute atomic E-state index is 12.1. The summed E-state index contributed by atoms with van der Waals surface area (Å²) in [6, 6.07) is 2.89. The third-order valence-electron chi connectivity index (χ3n) is 2.95. The zero-order valence-electron chi connectivity index (χ0n) is 9.37. The van der Waals surface area contributed by atoms with E-state index in [1.165, 1.54) is 16.4 Å². The van der Waals surface area contributed by atoms with Crippen LogP contribution < -0.4 is 0 Å². The SMILES string of the molecule is O=C(O)C1CCN(S(=O)(=O)c2ccc(Br)o2)CC1. The Morgan fingerprint density at radius 2 is 2.00 bits per heavy atom. The Balaban J connectivity index is 2.12. The van der Waals surface area contributed by atoms with Crippen molar-refractivity contribution >= 4 is 31.9 Å². The summed E-state index contributed by atoms with van der Waals surface area (Å²) in [5.74, 6) is -1.33. The molecule has 1 aliphatic rings. The Morgan fingerprint density at radius 1 is 1.39 bits per heavy atom. The minimum absolute atomic E-state index is 0.122. The Kier molecular flexibility index (Phi) is 3.79. The standard InChI is InChI=1S/C10H12BrNO5S/c11-8-1-2-9(17-8)18(15,16)12-5-3-7(4-6-12)10(13)14/h1-2,7H,3-6H2,(H,13,14). The molecule has 0 unspecified atom stereocenters. The summed E-state index contributed by atoms with van der Waals surface area (Å²) < 4.78 is 30.9. The minimum atomic E-state index is -3.65. The molecule has 0 radical (unpaired) electrons. The van der Waals surface area contributed by atoms with E-state index in [-0.39, 0.29) is 18.2 Å². The number of carboxylic acids is 1. The van der Waals surface area contributed by atoms with Gasteiger partial charge in [-0.05, 0) is 40.9 Å². The van der Waals surface area contributed by atoms with Gasteiger partial charge in [-0.25, -0.2) is 8.42 Å². The van der Waals surface area contributed by atoms with Crippen LogP contribution in [0.2, 0.25) is 0 Å². The lowest BCUT2D eigenvalue weighted by Gasteiger charge is -2.28. The van der Waals surface area contributed by atoms with Crippen LogP contribution >= 0.6 is 15.9 Å². The number of carboxylic acid groups (broad SMARTS) is 1. The fourth-order valence-corrected chi connectivity index (χ4v) is 3.70. The number of hydrogen-bond acceptors (Lipinski definition) is 4. The van der Waals surface area contributed by atoms with Gasteiger partial charge in [-0.3, -0.25) is 4.79 Å². The second-order valence-corrected chi connectivity index (χ2v) is 6.73. The van der Waals surface area contributed by atoms with Gasteiger partial charge in [0.2, 0.25) is 5.09 Å². The molecular formula is C10H12BrNO5S. The van der Waals surface area contributed by atoms with Crippen molar-refractivity contribution < 1.29 is 22.7 Å². The molecule has 0 bridgehead atoms. The van der Waals surface area contributed by atoms with Gasteiger partial charge in [0.15, 0.2) is 4.67 Å². The number of piperidine rings is 1. The van der Waals surface area contributed by atoms with E-state index in [1.807, 2.05) is 0 Å². The summed E-state index contributed by atoms with van der Waals surface area (Å²) in [6.07, 6.45) is 0.660. The van der Waals surface area contributed by atoms with Crippen molar-refractivity contribution in [3.63, 3.8) is 0 Å². The maximum atomic E-state index is 12.1. The van der Waals surface area contributed by atoms with Gasteiger partial charge in [0.05, 0.1) is 5.92 Å². The van der Waals surface area contributed by atoms with E-state index in [0.717, 1.165) is 0 Å². The molecule has 2 rings (SSSR count). The molecule has 0 saturated carbocycles. The van der Waals surface area contributed by atoms with E-state index in [9.17, 15) is 13.2 Å². The first-order valence-electron chi connectivity index (χ1n) is 5.39. The highest BCUT2D eigenvalue weighted by Crippen LogP contribution is 2.26. The third kappa shape index (κ3) is 2.60. The van der Waals surface area contributed by atoms with Crippen LogP contribution in [-0.2, 0) is 14.8 Å².